The Morgan fingerprint density at radius 1 is 1.12 bits per heavy atom. The number of H-pyrrole nitrogens is 2. The van der Waals surface area contributed by atoms with Crippen LogP contribution in [0.1, 0.15) is 18.5 Å². The van der Waals surface area contributed by atoms with E-state index in [1.165, 1.54) is 0 Å². The molecule has 0 spiro atoms. The number of aromatic nitrogens is 3. The molecule has 1 aliphatic heterocycles. The average molecular weight is 428 g/mol. The van der Waals surface area contributed by atoms with Crippen LogP contribution in [0.15, 0.2) is 71.7 Å². The van der Waals surface area contributed by atoms with Crippen molar-refractivity contribution in [2.75, 3.05) is 18.4 Å². The molecule has 7 heteroatoms. The second kappa shape index (κ2) is 8.80. The van der Waals surface area contributed by atoms with Gasteiger partial charge in [0.1, 0.15) is 0 Å². The highest BCUT2D eigenvalue weighted by molar-refractivity contribution is 5.93. The molecule has 0 aliphatic carbocycles. The standard InChI is InChI=1S/C25H25N5O2/c31-24-14-20(27-23-6-2-1-5-21(23)24)16-30-13-3-4-18(15-30)25(32)28-19-9-7-17(8-10-19)22-11-12-26-29-22/h1-2,5-12,14,18H,3-4,13,15-16H2,(H,26,29)(H,27,31)(H,28,32)/t18-/m0/s1. The molecule has 5 rings (SSSR count). The number of nitrogens with one attached hydrogen (secondary N) is 3. The molecular weight excluding hydrogens is 402 g/mol. The summed E-state index contributed by atoms with van der Waals surface area (Å²) in [5, 5.41) is 10.7. The van der Waals surface area contributed by atoms with Crippen LogP contribution in [-0.4, -0.2) is 39.1 Å². The van der Waals surface area contributed by atoms with Crippen molar-refractivity contribution >= 4 is 22.5 Å². The summed E-state index contributed by atoms with van der Waals surface area (Å²) in [6, 6.07) is 18.9. The minimum atomic E-state index is -0.0804. The van der Waals surface area contributed by atoms with Crippen molar-refractivity contribution in [3.8, 4) is 11.3 Å². The third-order valence-electron chi connectivity index (χ3n) is 6.03. The molecule has 0 bridgehead atoms. The molecule has 7 nitrogen and oxygen atoms in total. The van der Waals surface area contributed by atoms with Crippen LogP contribution in [0.4, 0.5) is 5.69 Å². The summed E-state index contributed by atoms with van der Waals surface area (Å²) in [5.74, 6) is -0.0424. The zero-order valence-corrected chi connectivity index (χ0v) is 17.7. The molecule has 1 amide bonds. The summed E-state index contributed by atoms with van der Waals surface area (Å²) < 4.78 is 0. The minimum Gasteiger partial charge on any atom is -0.357 e. The fourth-order valence-corrected chi connectivity index (χ4v) is 4.39. The molecular formula is C25H25N5O2. The van der Waals surface area contributed by atoms with Gasteiger partial charge in [-0.25, -0.2) is 0 Å². The van der Waals surface area contributed by atoms with E-state index in [4.69, 9.17) is 0 Å². The Bertz CT molecular complexity index is 1280. The zero-order valence-electron chi connectivity index (χ0n) is 17.7. The van der Waals surface area contributed by atoms with Crippen molar-refractivity contribution in [3.05, 3.63) is 82.8 Å². The molecule has 4 aromatic rings. The van der Waals surface area contributed by atoms with Gasteiger partial charge in [-0.15, -0.1) is 0 Å². The van der Waals surface area contributed by atoms with Gasteiger partial charge in [0.15, 0.2) is 5.43 Å². The summed E-state index contributed by atoms with van der Waals surface area (Å²) >= 11 is 0. The lowest BCUT2D eigenvalue weighted by Gasteiger charge is -2.32. The molecule has 2 aromatic carbocycles. The normalized spacial score (nSPS) is 16.8. The maximum absolute atomic E-state index is 12.9. The smallest absolute Gasteiger partial charge is 0.228 e. The number of anilines is 1. The molecule has 1 atom stereocenters. The van der Waals surface area contributed by atoms with Crippen LogP contribution in [0.3, 0.4) is 0 Å². The fourth-order valence-electron chi connectivity index (χ4n) is 4.39. The van der Waals surface area contributed by atoms with Crippen molar-refractivity contribution in [2.24, 2.45) is 5.92 Å². The second-order valence-electron chi connectivity index (χ2n) is 8.32. The highest BCUT2D eigenvalue weighted by Gasteiger charge is 2.26. The second-order valence-corrected chi connectivity index (χ2v) is 8.32. The number of likely N-dealkylation sites (tertiary alicyclic amines) is 1. The first kappa shape index (κ1) is 20.2. The van der Waals surface area contributed by atoms with Crippen molar-refractivity contribution < 1.29 is 4.79 Å². The van der Waals surface area contributed by atoms with Crippen molar-refractivity contribution in [1.29, 1.82) is 0 Å². The monoisotopic (exact) mass is 427 g/mol. The van der Waals surface area contributed by atoms with Crippen molar-refractivity contribution in [1.82, 2.24) is 20.1 Å². The number of pyridine rings is 1. The number of hydrogen-bond donors (Lipinski definition) is 3. The summed E-state index contributed by atoms with van der Waals surface area (Å²) in [4.78, 5) is 30.9. The molecule has 1 fully saturated rings. The summed E-state index contributed by atoms with van der Waals surface area (Å²) in [6.07, 6.45) is 3.53. The Morgan fingerprint density at radius 2 is 1.97 bits per heavy atom. The van der Waals surface area contributed by atoms with Gasteiger partial charge in [-0.3, -0.25) is 19.6 Å². The van der Waals surface area contributed by atoms with E-state index >= 15 is 0 Å². The first-order valence-corrected chi connectivity index (χ1v) is 10.9. The van der Waals surface area contributed by atoms with E-state index in [1.807, 2.05) is 54.6 Å². The topological polar surface area (TPSA) is 93.9 Å². The van der Waals surface area contributed by atoms with Gasteiger partial charge in [-0.1, -0.05) is 24.3 Å². The van der Waals surface area contributed by atoms with E-state index in [0.29, 0.717) is 18.5 Å². The number of carbonyl (C=O) groups excluding carboxylic acids is 1. The van der Waals surface area contributed by atoms with Gasteiger partial charge in [0.25, 0.3) is 0 Å². The van der Waals surface area contributed by atoms with E-state index in [2.05, 4.69) is 25.4 Å². The number of piperidine rings is 1. The molecule has 162 valence electrons. The molecule has 1 saturated heterocycles. The Kier molecular flexibility index (Phi) is 5.56. The van der Waals surface area contributed by atoms with Crippen LogP contribution in [0, 0.1) is 5.92 Å². The van der Waals surface area contributed by atoms with E-state index in [9.17, 15) is 9.59 Å². The number of fused-ring (bicyclic) bond motifs is 1. The van der Waals surface area contributed by atoms with Crippen LogP contribution in [0.25, 0.3) is 22.2 Å². The predicted molar refractivity (Wildman–Crippen MR) is 125 cm³/mol. The predicted octanol–water partition coefficient (Wildman–Crippen LogP) is 3.77. The van der Waals surface area contributed by atoms with Gasteiger partial charge in [0, 0.05) is 47.6 Å². The average Bonchev–Trinajstić information content (AvgIpc) is 3.35. The highest BCUT2D eigenvalue weighted by atomic mass is 16.2. The molecule has 3 heterocycles. The van der Waals surface area contributed by atoms with Gasteiger partial charge in [-0.2, -0.15) is 5.10 Å². The van der Waals surface area contributed by atoms with E-state index < -0.39 is 0 Å². The number of amides is 1. The molecule has 0 radical (unpaired) electrons. The molecule has 1 aliphatic rings. The number of aromatic amines is 2. The molecule has 32 heavy (non-hydrogen) atoms. The van der Waals surface area contributed by atoms with Crippen molar-refractivity contribution in [3.63, 3.8) is 0 Å². The summed E-state index contributed by atoms with van der Waals surface area (Å²) in [7, 11) is 0. The maximum Gasteiger partial charge on any atom is 0.228 e. The first-order valence-electron chi connectivity index (χ1n) is 10.9. The van der Waals surface area contributed by atoms with E-state index in [0.717, 1.165) is 47.5 Å². The number of para-hydroxylation sites is 1. The van der Waals surface area contributed by atoms with Crippen LogP contribution in [0.2, 0.25) is 0 Å². The van der Waals surface area contributed by atoms with Crippen LogP contribution in [0.5, 0.6) is 0 Å². The van der Waals surface area contributed by atoms with E-state index in [-0.39, 0.29) is 17.3 Å². The molecule has 3 N–H and O–H groups in total. The maximum atomic E-state index is 12.9. The lowest BCUT2D eigenvalue weighted by Crippen LogP contribution is -2.40. The third kappa shape index (κ3) is 4.33. The van der Waals surface area contributed by atoms with Gasteiger partial charge >= 0.3 is 0 Å². The number of nitrogens with zero attached hydrogens (tertiary/aromatic N) is 2. The van der Waals surface area contributed by atoms with Crippen LogP contribution < -0.4 is 10.7 Å². The lowest BCUT2D eigenvalue weighted by molar-refractivity contribution is -0.121. The Labute approximate surface area is 185 Å². The molecule has 2 aromatic heterocycles. The van der Waals surface area contributed by atoms with Crippen LogP contribution >= 0.6 is 0 Å². The first-order chi connectivity index (χ1) is 15.7. The number of benzene rings is 2. The van der Waals surface area contributed by atoms with Gasteiger partial charge in [0.05, 0.1) is 11.6 Å². The van der Waals surface area contributed by atoms with Gasteiger partial charge in [-0.05, 0) is 55.3 Å². The third-order valence-corrected chi connectivity index (χ3v) is 6.03. The Hall–Kier alpha value is -3.71. The lowest BCUT2D eigenvalue weighted by atomic mass is 9.96. The highest BCUT2D eigenvalue weighted by Crippen LogP contribution is 2.22. The largest absolute Gasteiger partial charge is 0.357 e. The molecule has 0 unspecified atom stereocenters. The number of carbonyl (C=O) groups is 1. The fraction of sp³-hybridized carbons (Fsp3) is 0.240. The zero-order chi connectivity index (χ0) is 21.9. The number of hydrogen-bond acceptors (Lipinski definition) is 4. The summed E-state index contributed by atoms with van der Waals surface area (Å²) in [6.45, 7) is 2.22. The SMILES string of the molecule is O=C(Nc1ccc(-c2ccn[nH]2)cc1)[C@H]1CCCN(Cc2cc(=O)c3ccccc3[nH]2)C1. The number of rotatable bonds is 5. The van der Waals surface area contributed by atoms with Gasteiger partial charge < -0.3 is 10.3 Å². The Balaban J connectivity index is 1.23. The summed E-state index contributed by atoms with van der Waals surface area (Å²) in [5.41, 5.74) is 4.50. The van der Waals surface area contributed by atoms with Crippen LogP contribution in [-0.2, 0) is 11.3 Å². The minimum absolute atomic E-state index is 0.0271. The van der Waals surface area contributed by atoms with E-state index in [1.54, 1.807) is 12.3 Å². The van der Waals surface area contributed by atoms with Crippen molar-refractivity contribution in [2.45, 2.75) is 19.4 Å². The molecule has 0 saturated carbocycles. The Morgan fingerprint density at radius 3 is 2.78 bits per heavy atom. The van der Waals surface area contributed by atoms with Gasteiger partial charge in [0.2, 0.25) is 5.91 Å². The quantitative estimate of drug-likeness (QED) is 0.452.